The third kappa shape index (κ3) is 6.70. The summed E-state index contributed by atoms with van der Waals surface area (Å²) in [5.74, 6) is 0. The van der Waals surface area contributed by atoms with Gasteiger partial charge >= 0.3 is 0 Å². The van der Waals surface area contributed by atoms with Crippen LogP contribution in [0.15, 0.2) is 23.3 Å². The molecule has 1 rings (SSSR count). The first kappa shape index (κ1) is 19.5. The molecule has 1 fully saturated rings. The standard InChI is InChI=1S/C19H37BNO/c1-15(2)9-8-10-16(3)11-12-21(7)13-17(19(4,5)6)22-18(20)14-21/h9,11,17-18H,8,10,12-14,20H2,1-7H3/q+1/b16-11+. The molecule has 1 aliphatic heterocycles. The Morgan fingerprint density at radius 3 is 2.36 bits per heavy atom. The Kier molecular flexibility index (Phi) is 6.95. The Labute approximate surface area is 139 Å². The quantitative estimate of drug-likeness (QED) is 0.429. The van der Waals surface area contributed by atoms with E-state index in [0.29, 0.717) is 12.1 Å². The molecule has 0 saturated carbocycles. The molecule has 0 N–H and O–H groups in total. The number of ether oxygens (including phenoxy) is 1. The normalized spacial score (nSPS) is 30.2. The minimum Gasteiger partial charge on any atom is -0.372 e. The van der Waals surface area contributed by atoms with E-state index in [0.717, 1.165) is 24.1 Å². The molecular formula is C19H37BNO+. The first-order chi connectivity index (χ1) is 10.0. The molecule has 0 aliphatic carbocycles. The topological polar surface area (TPSA) is 9.23 Å². The van der Waals surface area contributed by atoms with E-state index in [1.807, 2.05) is 0 Å². The van der Waals surface area contributed by atoms with Crippen molar-refractivity contribution in [3.05, 3.63) is 23.3 Å². The smallest absolute Gasteiger partial charge is 0.146 e. The van der Waals surface area contributed by atoms with Crippen LogP contribution < -0.4 is 0 Å². The number of nitrogens with zero attached hydrogens (tertiary/aromatic N) is 1. The number of allylic oxidation sites excluding steroid dienone is 3. The Morgan fingerprint density at radius 1 is 1.18 bits per heavy atom. The lowest BCUT2D eigenvalue weighted by Crippen LogP contribution is -2.61. The van der Waals surface area contributed by atoms with Crippen molar-refractivity contribution < 1.29 is 9.22 Å². The van der Waals surface area contributed by atoms with E-state index in [1.54, 1.807) is 0 Å². The van der Waals surface area contributed by atoms with Crippen molar-refractivity contribution in [3.63, 3.8) is 0 Å². The predicted octanol–water partition coefficient (Wildman–Crippen LogP) is 3.53. The Bertz CT molecular complexity index is 418. The molecular weight excluding hydrogens is 269 g/mol. The molecule has 3 heteroatoms. The Balaban J connectivity index is 2.63. The molecule has 22 heavy (non-hydrogen) atoms. The summed E-state index contributed by atoms with van der Waals surface area (Å²) in [6.45, 7) is 16.9. The number of rotatable bonds is 5. The first-order valence-corrected chi connectivity index (χ1v) is 8.80. The van der Waals surface area contributed by atoms with Gasteiger partial charge in [0, 0.05) is 0 Å². The lowest BCUT2D eigenvalue weighted by Gasteiger charge is -2.47. The predicted molar refractivity (Wildman–Crippen MR) is 99.9 cm³/mol. The maximum Gasteiger partial charge on any atom is 0.146 e. The fourth-order valence-corrected chi connectivity index (χ4v) is 3.16. The van der Waals surface area contributed by atoms with Gasteiger partial charge in [-0.3, -0.25) is 0 Å². The highest BCUT2D eigenvalue weighted by atomic mass is 16.5. The van der Waals surface area contributed by atoms with Crippen LogP contribution in [0.25, 0.3) is 0 Å². The minimum atomic E-state index is 0.219. The van der Waals surface area contributed by atoms with Gasteiger partial charge < -0.3 is 9.22 Å². The number of quaternary nitrogens is 1. The van der Waals surface area contributed by atoms with Crippen molar-refractivity contribution >= 4 is 7.85 Å². The second-order valence-electron chi connectivity index (χ2n) is 8.84. The summed E-state index contributed by atoms with van der Waals surface area (Å²) in [7, 11) is 4.61. The molecule has 0 aromatic heterocycles. The second-order valence-corrected chi connectivity index (χ2v) is 8.84. The van der Waals surface area contributed by atoms with Crippen LogP contribution in [0, 0.1) is 5.41 Å². The van der Waals surface area contributed by atoms with Gasteiger partial charge in [-0.05, 0) is 45.1 Å². The fourth-order valence-electron chi connectivity index (χ4n) is 3.16. The van der Waals surface area contributed by atoms with Crippen LogP contribution >= 0.6 is 0 Å². The van der Waals surface area contributed by atoms with Crippen LogP contribution in [0.5, 0.6) is 0 Å². The Hall–Kier alpha value is -0.535. The summed E-state index contributed by atoms with van der Waals surface area (Å²) < 4.78 is 7.30. The molecule has 0 amide bonds. The van der Waals surface area contributed by atoms with Gasteiger partial charge in [-0.2, -0.15) is 0 Å². The SMILES string of the molecule is BC1C[N+](C)(C/C=C(\C)CCC=C(C)C)CC(C(C)(C)C)O1. The zero-order chi connectivity index (χ0) is 17.0. The van der Waals surface area contributed by atoms with Gasteiger partial charge in [0.15, 0.2) is 0 Å². The summed E-state index contributed by atoms with van der Waals surface area (Å²) in [6.07, 6.45) is 7.48. The van der Waals surface area contributed by atoms with Crippen molar-refractivity contribution in [3.8, 4) is 0 Å². The van der Waals surface area contributed by atoms with E-state index < -0.39 is 0 Å². The maximum absolute atomic E-state index is 6.20. The first-order valence-electron chi connectivity index (χ1n) is 8.80. The van der Waals surface area contributed by atoms with Crippen molar-refractivity contribution in [2.24, 2.45) is 5.41 Å². The van der Waals surface area contributed by atoms with Crippen LogP contribution in [0.3, 0.4) is 0 Å². The van der Waals surface area contributed by atoms with E-state index in [9.17, 15) is 0 Å². The molecule has 1 heterocycles. The molecule has 126 valence electrons. The molecule has 1 aliphatic rings. The molecule has 0 aromatic rings. The maximum atomic E-state index is 6.20. The van der Waals surface area contributed by atoms with Crippen molar-refractivity contribution in [2.45, 2.75) is 66.5 Å². The van der Waals surface area contributed by atoms with Gasteiger partial charge in [-0.15, -0.1) is 0 Å². The van der Waals surface area contributed by atoms with E-state index in [4.69, 9.17) is 4.74 Å². The Morgan fingerprint density at radius 2 is 1.82 bits per heavy atom. The number of hydrogen-bond donors (Lipinski definition) is 0. The summed E-state index contributed by atoms with van der Waals surface area (Å²) in [4.78, 5) is 0. The van der Waals surface area contributed by atoms with Gasteiger partial charge in [0.2, 0.25) is 0 Å². The summed E-state index contributed by atoms with van der Waals surface area (Å²) in [5.41, 5.74) is 3.15. The average Bonchev–Trinajstić information content (AvgIpc) is 2.34. The molecule has 0 aromatic carbocycles. The van der Waals surface area contributed by atoms with E-state index in [2.05, 4.69) is 68.6 Å². The van der Waals surface area contributed by atoms with Crippen molar-refractivity contribution in [2.75, 3.05) is 26.7 Å². The van der Waals surface area contributed by atoms with Crippen molar-refractivity contribution in [1.82, 2.24) is 0 Å². The lowest BCUT2D eigenvalue weighted by atomic mass is 9.85. The van der Waals surface area contributed by atoms with Gasteiger partial charge in [0.25, 0.3) is 0 Å². The highest BCUT2D eigenvalue weighted by Crippen LogP contribution is 2.29. The largest absolute Gasteiger partial charge is 0.372 e. The highest BCUT2D eigenvalue weighted by Gasteiger charge is 2.40. The third-order valence-corrected chi connectivity index (χ3v) is 4.64. The van der Waals surface area contributed by atoms with E-state index >= 15 is 0 Å². The molecule has 1 saturated heterocycles. The van der Waals surface area contributed by atoms with Gasteiger partial charge in [-0.1, -0.05) is 38.0 Å². The summed E-state index contributed by atoms with van der Waals surface area (Å²) in [6, 6.07) is 0.349. The molecule has 3 unspecified atom stereocenters. The number of likely N-dealkylation sites (N-methyl/N-ethyl adjacent to an activating group) is 1. The van der Waals surface area contributed by atoms with Crippen LogP contribution in [0.2, 0.25) is 0 Å². The third-order valence-electron chi connectivity index (χ3n) is 4.64. The fraction of sp³-hybridized carbons (Fsp3) is 0.789. The summed E-state index contributed by atoms with van der Waals surface area (Å²) in [5, 5.41) is 0. The zero-order valence-electron chi connectivity index (χ0n) is 16.2. The highest BCUT2D eigenvalue weighted by molar-refractivity contribution is 6.11. The van der Waals surface area contributed by atoms with Gasteiger partial charge in [0.1, 0.15) is 20.5 Å². The van der Waals surface area contributed by atoms with E-state index in [1.165, 1.54) is 24.0 Å². The van der Waals surface area contributed by atoms with Crippen LogP contribution in [-0.4, -0.2) is 51.1 Å². The molecule has 0 spiro atoms. The van der Waals surface area contributed by atoms with Gasteiger partial charge in [-0.25, -0.2) is 0 Å². The monoisotopic (exact) mass is 306 g/mol. The van der Waals surface area contributed by atoms with Crippen molar-refractivity contribution in [1.29, 1.82) is 0 Å². The van der Waals surface area contributed by atoms with Crippen LogP contribution in [-0.2, 0) is 4.74 Å². The summed E-state index contributed by atoms with van der Waals surface area (Å²) >= 11 is 0. The molecule has 3 atom stereocenters. The second kappa shape index (κ2) is 7.83. The van der Waals surface area contributed by atoms with Gasteiger partial charge in [0.05, 0.1) is 26.1 Å². The zero-order valence-corrected chi connectivity index (χ0v) is 16.2. The number of hydrogen-bond acceptors (Lipinski definition) is 1. The number of morpholine rings is 1. The van der Waals surface area contributed by atoms with Crippen LogP contribution in [0.1, 0.15) is 54.4 Å². The minimum absolute atomic E-state index is 0.219. The van der Waals surface area contributed by atoms with Crippen LogP contribution in [0.4, 0.5) is 0 Å². The lowest BCUT2D eigenvalue weighted by molar-refractivity contribution is -0.917. The average molecular weight is 306 g/mol. The molecule has 0 bridgehead atoms. The molecule has 2 nitrogen and oxygen atoms in total. The van der Waals surface area contributed by atoms with E-state index in [-0.39, 0.29) is 5.41 Å². The molecule has 0 radical (unpaired) electrons.